The molecule has 0 bridgehead atoms. The van der Waals surface area contributed by atoms with Crippen LogP contribution < -0.4 is 15.1 Å². The fraction of sp³-hybridized carbons (Fsp3) is 0.524. The van der Waals surface area contributed by atoms with E-state index in [0.717, 1.165) is 22.9 Å². The Morgan fingerprint density at radius 3 is 1.96 bits per heavy atom. The molecule has 5 atom stereocenters. The number of aliphatic hydroxyl groups excluding tert-OH is 2. The molecular weight excluding hydrogens is 657 g/mol. The third kappa shape index (κ3) is 11.7. The summed E-state index contributed by atoms with van der Waals surface area (Å²) in [5, 5.41) is 24.3. The summed E-state index contributed by atoms with van der Waals surface area (Å²) >= 11 is 0. The van der Waals surface area contributed by atoms with Crippen molar-refractivity contribution in [3.05, 3.63) is 103 Å². The summed E-state index contributed by atoms with van der Waals surface area (Å²) < 4.78 is 25.8. The van der Waals surface area contributed by atoms with Crippen molar-refractivity contribution in [1.82, 2.24) is 0 Å². The number of rotatable bonds is 18. The number of benzene rings is 3. The van der Waals surface area contributed by atoms with E-state index in [0.29, 0.717) is 51.7 Å². The number of hydrogen-bond acceptors (Lipinski definition) is 6. The second kappa shape index (κ2) is 18.3. The van der Waals surface area contributed by atoms with Crippen LogP contribution in [0.1, 0.15) is 64.9 Å². The Bertz CT molecular complexity index is 1400. The summed E-state index contributed by atoms with van der Waals surface area (Å²) in [6.07, 6.45) is 1.90. The van der Waals surface area contributed by atoms with Gasteiger partial charge in [0.15, 0.2) is 0 Å². The highest BCUT2D eigenvalue weighted by atomic mass is 28.4. The molecule has 0 saturated carbocycles. The predicted octanol–water partition coefficient (Wildman–Crippen LogP) is 7.88. The zero-order chi connectivity index (χ0) is 36.4. The molecule has 1 heterocycles. The fourth-order valence-corrected chi connectivity index (χ4v) is 13.8. The Kier molecular flexibility index (Phi) is 14.7. The normalized spacial score (nSPS) is 19.9. The van der Waals surface area contributed by atoms with Gasteiger partial charge in [0.05, 0.1) is 44.2 Å². The quantitative estimate of drug-likeness (QED) is 0.103. The fourth-order valence-electron chi connectivity index (χ4n) is 7.54. The molecule has 1 aliphatic heterocycles. The lowest BCUT2D eigenvalue weighted by molar-refractivity contribution is -0.126. The number of aliphatic hydroxyl groups is 2. The van der Waals surface area contributed by atoms with E-state index in [1.54, 1.807) is 7.11 Å². The van der Waals surface area contributed by atoms with Crippen molar-refractivity contribution in [3.63, 3.8) is 0 Å². The summed E-state index contributed by atoms with van der Waals surface area (Å²) in [6, 6.07) is 30.4. The predicted molar refractivity (Wildman–Crippen MR) is 211 cm³/mol. The van der Waals surface area contributed by atoms with Crippen molar-refractivity contribution in [2.75, 3.05) is 13.7 Å². The van der Waals surface area contributed by atoms with Gasteiger partial charge in [0.25, 0.3) is 8.32 Å². The minimum Gasteiger partial charge on any atom is -0.497 e. The van der Waals surface area contributed by atoms with Crippen molar-refractivity contribution < 1.29 is 28.8 Å². The summed E-state index contributed by atoms with van der Waals surface area (Å²) in [7, 11) is -2.34. The van der Waals surface area contributed by atoms with Crippen molar-refractivity contribution in [2.45, 2.75) is 127 Å². The molecule has 0 aliphatic carbocycles. The highest BCUT2D eigenvalue weighted by Crippen LogP contribution is 2.37. The molecule has 0 radical (unpaired) electrons. The Labute approximate surface area is 304 Å². The van der Waals surface area contributed by atoms with Crippen LogP contribution in [0.15, 0.2) is 97.1 Å². The summed E-state index contributed by atoms with van der Waals surface area (Å²) in [6.45, 7) is 19.1. The van der Waals surface area contributed by atoms with Gasteiger partial charge in [-0.25, -0.2) is 0 Å². The summed E-state index contributed by atoms with van der Waals surface area (Å²) in [5.74, 6) is 0.811. The average Bonchev–Trinajstić information content (AvgIpc) is 3.04. The first-order valence-electron chi connectivity index (χ1n) is 18.4. The third-order valence-corrected chi connectivity index (χ3v) is 16.2. The van der Waals surface area contributed by atoms with Gasteiger partial charge in [0.1, 0.15) is 5.75 Å². The maximum Gasteiger partial charge on any atom is 0.261 e. The SMILES string of the molecule is C=C(C[C@H](O)C[C@H]1C[C@@H](O)C[C@@H](C[C@H](CCO[Si](c2ccccc2)(c2ccccc2)C(C)(C)C)OCc2ccc(OC)cc2)O1)C[Si](C)(C)C. The van der Waals surface area contributed by atoms with E-state index >= 15 is 0 Å². The van der Waals surface area contributed by atoms with Gasteiger partial charge in [-0.3, -0.25) is 0 Å². The van der Waals surface area contributed by atoms with Crippen molar-refractivity contribution in [2.24, 2.45) is 0 Å². The van der Waals surface area contributed by atoms with Crippen LogP contribution in [0.5, 0.6) is 5.75 Å². The smallest absolute Gasteiger partial charge is 0.261 e. The second-order valence-corrected chi connectivity index (χ2v) is 26.2. The molecule has 50 heavy (non-hydrogen) atoms. The molecule has 0 aromatic heterocycles. The molecule has 0 amide bonds. The monoisotopic (exact) mass is 718 g/mol. The summed E-state index contributed by atoms with van der Waals surface area (Å²) in [4.78, 5) is 0. The first kappa shape index (κ1) is 40.2. The largest absolute Gasteiger partial charge is 0.497 e. The molecule has 3 aromatic rings. The van der Waals surface area contributed by atoms with Crippen molar-refractivity contribution >= 4 is 26.8 Å². The zero-order valence-electron chi connectivity index (χ0n) is 31.6. The molecule has 8 heteroatoms. The Morgan fingerprint density at radius 1 is 0.880 bits per heavy atom. The number of methoxy groups -OCH3 is 1. The summed E-state index contributed by atoms with van der Waals surface area (Å²) in [5.41, 5.74) is 2.17. The van der Waals surface area contributed by atoms with Crippen LogP contribution in [0.2, 0.25) is 30.7 Å². The first-order valence-corrected chi connectivity index (χ1v) is 24.0. The topological polar surface area (TPSA) is 77.4 Å². The van der Waals surface area contributed by atoms with Crippen LogP contribution in [-0.2, 0) is 20.5 Å². The van der Waals surface area contributed by atoms with Crippen LogP contribution in [0.4, 0.5) is 0 Å². The highest BCUT2D eigenvalue weighted by molar-refractivity contribution is 6.99. The molecule has 1 aliphatic rings. The Balaban J connectivity index is 1.50. The molecule has 1 saturated heterocycles. The van der Waals surface area contributed by atoms with Gasteiger partial charge in [-0.1, -0.05) is 119 Å². The van der Waals surface area contributed by atoms with Crippen LogP contribution in [0.3, 0.4) is 0 Å². The van der Waals surface area contributed by atoms with Gasteiger partial charge in [0.2, 0.25) is 0 Å². The van der Waals surface area contributed by atoms with E-state index < -0.39 is 28.6 Å². The van der Waals surface area contributed by atoms with Gasteiger partial charge in [-0.2, -0.15) is 0 Å². The van der Waals surface area contributed by atoms with Gasteiger partial charge >= 0.3 is 0 Å². The lowest BCUT2D eigenvalue weighted by Gasteiger charge is -2.43. The average molecular weight is 719 g/mol. The minimum atomic E-state index is -2.71. The van der Waals surface area contributed by atoms with E-state index in [1.807, 2.05) is 24.3 Å². The maximum absolute atomic E-state index is 11.0. The van der Waals surface area contributed by atoms with Gasteiger partial charge in [0, 0.05) is 14.7 Å². The van der Waals surface area contributed by atoms with E-state index in [4.69, 9.17) is 18.6 Å². The molecule has 2 N–H and O–H groups in total. The highest BCUT2D eigenvalue weighted by Gasteiger charge is 2.50. The molecule has 0 spiro atoms. The standard InChI is InChI=1S/C42H62O6Si2/c1-32(31-49(6,7)8)25-34(43)26-38-27-35(44)28-39(48-38)29-37(46-30-33-19-21-36(45-5)22-20-33)23-24-47-50(42(2,3)4,40-15-11-9-12-16-40)41-17-13-10-14-18-41/h9-22,34-35,37-39,43-44H,1,23-31H2,2-8H3/t34-,35+,37-,38-,39-/m0/s1. The van der Waals surface area contributed by atoms with Crippen LogP contribution in [0, 0.1) is 0 Å². The third-order valence-electron chi connectivity index (χ3n) is 9.64. The Morgan fingerprint density at radius 2 is 1.44 bits per heavy atom. The number of hydrogen-bond donors (Lipinski definition) is 2. The van der Waals surface area contributed by atoms with Crippen LogP contribution in [-0.4, -0.2) is 70.8 Å². The van der Waals surface area contributed by atoms with Crippen molar-refractivity contribution in [3.8, 4) is 5.75 Å². The lowest BCUT2D eigenvalue weighted by Crippen LogP contribution is -2.66. The molecule has 0 unspecified atom stereocenters. The van der Waals surface area contributed by atoms with E-state index in [-0.39, 0.29) is 23.4 Å². The first-order chi connectivity index (χ1) is 23.7. The van der Waals surface area contributed by atoms with Gasteiger partial charge in [-0.05, 0) is 77.7 Å². The molecular formula is C42H62O6Si2. The van der Waals surface area contributed by atoms with E-state index in [2.05, 4.69) is 108 Å². The van der Waals surface area contributed by atoms with Crippen LogP contribution >= 0.6 is 0 Å². The van der Waals surface area contributed by atoms with E-state index in [1.165, 1.54) is 10.4 Å². The molecule has 3 aromatic carbocycles. The second-order valence-electron chi connectivity index (χ2n) is 16.4. The van der Waals surface area contributed by atoms with Crippen LogP contribution in [0.25, 0.3) is 0 Å². The molecule has 1 fully saturated rings. The maximum atomic E-state index is 11.0. The minimum absolute atomic E-state index is 0.125. The molecule has 274 valence electrons. The van der Waals surface area contributed by atoms with Gasteiger partial charge < -0.3 is 28.8 Å². The van der Waals surface area contributed by atoms with Crippen molar-refractivity contribution in [1.29, 1.82) is 0 Å². The van der Waals surface area contributed by atoms with E-state index in [9.17, 15) is 10.2 Å². The number of ether oxygens (including phenoxy) is 3. The lowest BCUT2D eigenvalue weighted by atomic mass is 9.93. The Hall–Kier alpha value is -2.57. The molecule has 6 nitrogen and oxygen atoms in total. The zero-order valence-corrected chi connectivity index (χ0v) is 33.6. The van der Waals surface area contributed by atoms with Gasteiger partial charge in [-0.15, -0.1) is 6.58 Å². The molecule has 4 rings (SSSR count).